The zero-order valence-electron chi connectivity index (χ0n) is 12.2. The number of thioether (sulfide) groups is 1. The number of nitrogens with zero attached hydrogens (tertiary/aromatic N) is 4. The summed E-state index contributed by atoms with van der Waals surface area (Å²) in [7, 11) is 0. The maximum atomic E-state index is 9.31. The van der Waals surface area contributed by atoms with Gasteiger partial charge in [0.1, 0.15) is 12.4 Å². The first kappa shape index (κ1) is 14.6. The van der Waals surface area contributed by atoms with Crippen molar-refractivity contribution in [1.29, 1.82) is 0 Å². The summed E-state index contributed by atoms with van der Waals surface area (Å²) < 4.78 is 7.42. The number of aliphatic hydroxyl groups excluding tert-OH is 1. The van der Waals surface area contributed by atoms with Crippen LogP contribution in [-0.2, 0) is 31.7 Å². The summed E-state index contributed by atoms with van der Waals surface area (Å²) in [6.45, 7) is 2.85. The molecule has 1 N–H and O–H groups in total. The van der Waals surface area contributed by atoms with Crippen LogP contribution in [0.2, 0.25) is 0 Å². The number of aromatic nitrogens is 4. The van der Waals surface area contributed by atoms with E-state index in [0.717, 1.165) is 48.2 Å². The van der Waals surface area contributed by atoms with Gasteiger partial charge in [-0.15, -0.1) is 10.2 Å². The largest absolute Gasteiger partial charge is 0.388 e. The molecule has 1 aliphatic carbocycles. The molecule has 0 saturated carbocycles. The normalized spacial score (nSPS) is 14.4. The Morgan fingerprint density at radius 1 is 1.29 bits per heavy atom. The van der Waals surface area contributed by atoms with Crippen molar-refractivity contribution in [2.45, 2.75) is 63.1 Å². The molecule has 0 spiro atoms. The molecule has 2 aromatic heterocycles. The number of fused-ring (bicyclic) bond motifs is 1. The van der Waals surface area contributed by atoms with Gasteiger partial charge in [-0.05, 0) is 25.7 Å². The first-order chi connectivity index (χ1) is 10.3. The van der Waals surface area contributed by atoms with Crippen molar-refractivity contribution in [2.24, 2.45) is 0 Å². The summed E-state index contributed by atoms with van der Waals surface area (Å²) in [4.78, 5) is 0. The summed E-state index contributed by atoms with van der Waals surface area (Å²) in [5.74, 6) is 2.43. The molecule has 114 valence electrons. The van der Waals surface area contributed by atoms with Gasteiger partial charge in [0.05, 0.1) is 5.69 Å². The third-order valence-corrected chi connectivity index (χ3v) is 4.73. The maximum absolute atomic E-state index is 9.31. The Balaban J connectivity index is 1.73. The topological polar surface area (TPSA) is 77.0 Å². The zero-order valence-corrected chi connectivity index (χ0v) is 13.0. The van der Waals surface area contributed by atoms with Crippen LogP contribution >= 0.6 is 11.8 Å². The molecule has 0 bridgehead atoms. The predicted molar refractivity (Wildman–Crippen MR) is 78.9 cm³/mol. The molecule has 1 aliphatic rings. The number of aliphatic hydroxyl groups is 1. The van der Waals surface area contributed by atoms with Gasteiger partial charge in [-0.3, -0.25) is 0 Å². The van der Waals surface area contributed by atoms with Crippen LogP contribution in [0, 0.1) is 0 Å². The van der Waals surface area contributed by atoms with E-state index in [1.54, 1.807) is 11.8 Å². The van der Waals surface area contributed by atoms with Crippen LogP contribution in [0.25, 0.3) is 0 Å². The molecule has 0 saturated heterocycles. The summed E-state index contributed by atoms with van der Waals surface area (Å²) in [5, 5.41) is 22.6. The van der Waals surface area contributed by atoms with Gasteiger partial charge in [-0.2, -0.15) is 0 Å². The Morgan fingerprint density at radius 2 is 2.14 bits per heavy atom. The van der Waals surface area contributed by atoms with Gasteiger partial charge < -0.3 is 14.2 Å². The van der Waals surface area contributed by atoms with Gasteiger partial charge in [-0.25, -0.2) is 0 Å². The lowest BCUT2D eigenvalue weighted by Gasteiger charge is -2.09. The van der Waals surface area contributed by atoms with E-state index in [4.69, 9.17) is 4.52 Å². The highest BCUT2D eigenvalue weighted by Crippen LogP contribution is 2.29. The van der Waals surface area contributed by atoms with E-state index in [0.29, 0.717) is 5.82 Å². The fourth-order valence-electron chi connectivity index (χ4n) is 2.69. The van der Waals surface area contributed by atoms with E-state index in [-0.39, 0.29) is 6.61 Å². The van der Waals surface area contributed by atoms with E-state index >= 15 is 0 Å². The second-order valence-electron chi connectivity index (χ2n) is 5.24. The summed E-state index contributed by atoms with van der Waals surface area (Å²) in [6.07, 6.45) is 5.47. The second-order valence-corrected chi connectivity index (χ2v) is 6.18. The Labute approximate surface area is 127 Å². The third kappa shape index (κ3) is 2.98. The molecule has 0 unspecified atom stereocenters. The quantitative estimate of drug-likeness (QED) is 0.825. The fourth-order valence-corrected chi connectivity index (χ4v) is 3.63. The molecular formula is C14H20N4O2S. The Hall–Kier alpha value is -1.34. The molecule has 0 amide bonds. The molecule has 0 atom stereocenters. The average molecular weight is 308 g/mol. The molecular weight excluding hydrogens is 288 g/mol. The van der Waals surface area contributed by atoms with Crippen LogP contribution in [0.3, 0.4) is 0 Å². The number of rotatable bonds is 6. The lowest BCUT2D eigenvalue weighted by molar-refractivity contribution is 0.263. The highest BCUT2D eigenvalue weighted by Gasteiger charge is 2.20. The van der Waals surface area contributed by atoms with Crippen molar-refractivity contribution >= 4 is 11.8 Å². The molecule has 0 fully saturated rings. The predicted octanol–water partition coefficient (Wildman–Crippen LogP) is 2.34. The van der Waals surface area contributed by atoms with Crippen molar-refractivity contribution in [3.63, 3.8) is 0 Å². The van der Waals surface area contributed by atoms with E-state index in [1.165, 1.54) is 18.4 Å². The first-order valence-electron chi connectivity index (χ1n) is 7.45. The van der Waals surface area contributed by atoms with Gasteiger partial charge in [0.25, 0.3) is 0 Å². The molecule has 2 heterocycles. The van der Waals surface area contributed by atoms with E-state index < -0.39 is 0 Å². The molecule has 0 radical (unpaired) electrons. The SMILES string of the molecule is CCCn1c(CO)nnc1SCc1noc2c1CCCC2. The van der Waals surface area contributed by atoms with Gasteiger partial charge >= 0.3 is 0 Å². The van der Waals surface area contributed by atoms with Gasteiger partial charge in [-0.1, -0.05) is 23.8 Å². The molecule has 6 nitrogen and oxygen atoms in total. The number of aryl methyl sites for hydroxylation is 1. The van der Waals surface area contributed by atoms with Crippen LogP contribution in [0.5, 0.6) is 0 Å². The van der Waals surface area contributed by atoms with E-state index in [2.05, 4.69) is 22.3 Å². The van der Waals surface area contributed by atoms with Gasteiger partial charge in [0.2, 0.25) is 0 Å². The van der Waals surface area contributed by atoms with Gasteiger partial charge in [0.15, 0.2) is 11.0 Å². The average Bonchev–Trinajstić information content (AvgIpc) is 3.09. The summed E-state index contributed by atoms with van der Waals surface area (Å²) in [6, 6.07) is 0. The standard InChI is InChI=1S/C14H20N4O2S/c1-2-7-18-13(8-19)15-16-14(18)21-9-11-10-5-3-4-6-12(10)20-17-11/h19H,2-9H2,1H3. The van der Waals surface area contributed by atoms with Crippen molar-refractivity contribution in [1.82, 2.24) is 19.9 Å². The third-order valence-electron chi connectivity index (χ3n) is 3.75. The minimum atomic E-state index is -0.0765. The molecule has 0 aliphatic heterocycles. The zero-order chi connectivity index (χ0) is 14.7. The van der Waals surface area contributed by atoms with Crippen molar-refractivity contribution in [2.75, 3.05) is 0 Å². The Bertz CT molecular complexity index is 608. The Morgan fingerprint density at radius 3 is 2.95 bits per heavy atom. The number of hydrogen-bond acceptors (Lipinski definition) is 6. The van der Waals surface area contributed by atoms with Crippen LogP contribution in [0.1, 0.15) is 49.0 Å². The van der Waals surface area contributed by atoms with Crippen LogP contribution in [-0.4, -0.2) is 25.0 Å². The van der Waals surface area contributed by atoms with Crippen molar-refractivity contribution in [3.8, 4) is 0 Å². The van der Waals surface area contributed by atoms with Crippen LogP contribution < -0.4 is 0 Å². The summed E-state index contributed by atoms with van der Waals surface area (Å²) in [5.41, 5.74) is 2.32. The molecule has 2 aromatic rings. The molecule has 0 aromatic carbocycles. The monoisotopic (exact) mass is 308 g/mol. The van der Waals surface area contributed by atoms with E-state index in [1.807, 2.05) is 4.57 Å². The minimum absolute atomic E-state index is 0.0765. The van der Waals surface area contributed by atoms with Crippen LogP contribution in [0.4, 0.5) is 0 Å². The van der Waals surface area contributed by atoms with E-state index in [9.17, 15) is 5.11 Å². The Kier molecular flexibility index (Phi) is 4.60. The molecule has 7 heteroatoms. The second kappa shape index (κ2) is 6.62. The minimum Gasteiger partial charge on any atom is -0.388 e. The summed E-state index contributed by atoms with van der Waals surface area (Å²) >= 11 is 1.61. The van der Waals surface area contributed by atoms with Crippen LogP contribution in [0.15, 0.2) is 9.68 Å². The lowest BCUT2D eigenvalue weighted by Crippen LogP contribution is -2.05. The highest BCUT2D eigenvalue weighted by atomic mass is 32.2. The number of hydrogen-bond donors (Lipinski definition) is 1. The van der Waals surface area contributed by atoms with Crippen molar-refractivity contribution in [3.05, 3.63) is 22.8 Å². The van der Waals surface area contributed by atoms with Gasteiger partial charge in [0, 0.05) is 24.3 Å². The smallest absolute Gasteiger partial charge is 0.191 e. The highest BCUT2D eigenvalue weighted by molar-refractivity contribution is 7.98. The first-order valence-corrected chi connectivity index (χ1v) is 8.44. The van der Waals surface area contributed by atoms with Crippen molar-refractivity contribution < 1.29 is 9.63 Å². The molecule has 21 heavy (non-hydrogen) atoms. The lowest BCUT2D eigenvalue weighted by atomic mass is 9.97. The fraction of sp³-hybridized carbons (Fsp3) is 0.643. The molecule has 3 rings (SSSR count). The maximum Gasteiger partial charge on any atom is 0.191 e.